The maximum atomic E-state index is 13.2. The number of ether oxygens (including phenoxy) is 2. The molecule has 0 fully saturated rings. The number of methoxy groups -OCH3 is 2. The first kappa shape index (κ1) is 38.1. The van der Waals surface area contributed by atoms with Crippen LogP contribution in [0.25, 0.3) is 0 Å². The van der Waals surface area contributed by atoms with E-state index in [2.05, 4.69) is 15.6 Å². The zero-order valence-electron chi connectivity index (χ0n) is 25.7. The smallest absolute Gasteiger partial charge is 0.490 e. The first-order valence-electron chi connectivity index (χ1n) is 13.9. The summed E-state index contributed by atoms with van der Waals surface area (Å²) in [5.74, 6) is -2.89. The fraction of sp³-hybridized carbons (Fsp3) is 0.290. The van der Waals surface area contributed by atoms with Crippen molar-refractivity contribution < 1.29 is 50.6 Å². The molecule has 2 amide bonds. The van der Waals surface area contributed by atoms with E-state index >= 15 is 0 Å². The number of hydrogen-bond donors (Lipinski definition) is 4. The molecule has 0 radical (unpaired) electrons. The Morgan fingerprint density at radius 3 is 2.11 bits per heavy atom. The highest BCUT2D eigenvalue weighted by molar-refractivity contribution is 7.91. The third kappa shape index (κ3) is 12.3. The SMILES string of the molecule is CCS(=O)(=O)c1ccccc1CNC(=O)[C@@H](Cc1ccccc1)N=C(N)NC(=O)Cc1ccc(OC)c(OC)c1.O=C(O)C(F)(F)F. The third-order valence-corrected chi connectivity index (χ3v) is 8.16. The van der Waals surface area contributed by atoms with Gasteiger partial charge in [-0.05, 0) is 34.9 Å². The molecule has 0 aliphatic carbocycles. The number of carboxylic acid groups (broad SMARTS) is 1. The molecule has 0 saturated carbocycles. The summed E-state index contributed by atoms with van der Waals surface area (Å²) >= 11 is 0. The number of halogens is 3. The number of carbonyl (C=O) groups is 3. The van der Waals surface area contributed by atoms with E-state index in [1.165, 1.54) is 20.3 Å². The second-order valence-electron chi connectivity index (χ2n) is 9.67. The Kier molecular flexibility index (Phi) is 14.2. The average molecular weight is 681 g/mol. The molecule has 47 heavy (non-hydrogen) atoms. The van der Waals surface area contributed by atoms with Crippen LogP contribution in [-0.4, -0.2) is 69.5 Å². The first-order valence-corrected chi connectivity index (χ1v) is 15.5. The summed E-state index contributed by atoms with van der Waals surface area (Å²) < 4.78 is 67.2. The minimum absolute atomic E-state index is 0.00515. The Hall–Kier alpha value is -5.12. The minimum Gasteiger partial charge on any atom is -0.493 e. The predicted molar refractivity (Wildman–Crippen MR) is 167 cm³/mol. The van der Waals surface area contributed by atoms with Crippen LogP contribution in [0.3, 0.4) is 0 Å². The van der Waals surface area contributed by atoms with Gasteiger partial charge in [-0.2, -0.15) is 13.2 Å². The Morgan fingerprint density at radius 1 is 0.936 bits per heavy atom. The monoisotopic (exact) mass is 680 g/mol. The van der Waals surface area contributed by atoms with E-state index < -0.39 is 39.8 Å². The van der Waals surface area contributed by atoms with E-state index in [1.807, 2.05) is 30.3 Å². The van der Waals surface area contributed by atoms with Crippen molar-refractivity contribution in [1.29, 1.82) is 0 Å². The topological polar surface area (TPSA) is 186 Å². The molecule has 0 spiro atoms. The van der Waals surface area contributed by atoms with Gasteiger partial charge >= 0.3 is 12.1 Å². The molecule has 0 saturated heterocycles. The molecule has 3 aromatic rings. The number of guanidine groups is 1. The largest absolute Gasteiger partial charge is 0.493 e. The lowest BCUT2D eigenvalue weighted by molar-refractivity contribution is -0.192. The lowest BCUT2D eigenvalue weighted by atomic mass is 10.1. The van der Waals surface area contributed by atoms with Crippen LogP contribution >= 0.6 is 0 Å². The van der Waals surface area contributed by atoms with E-state index in [-0.39, 0.29) is 36.0 Å². The molecule has 3 rings (SSSR count). The van der Waals surface area contributed by atoms with Gasteiger partial charge in [-0.1, -0.05) is 61.5 Å². The van der Waals surface area contributed by atoms with Gasteiger partial charge in [0.1, 0.15) is 6.04 Å². The number of benzene rings is 3. The number of aliphatic imine (C=N–C) groups is 1. The number of carboxylic acids is 1. The molecule has 1 atom stereocenters. The molecule has 3 aromatic carbocycles. The zero-order chi connectivity index (χ0) is 35.2. The molecule has 0 heterocycles. The van der Waals surface area contributed by atoms with Crippen LogP contribution in [0.5, 0.6) is 11.5 Å². The average Bonchev–Trinajstić information content (AvgIpc) is 3.03. The highest BCUT2D eigenvalue weighted by Gasteiger charge is 2.38. The number of hydrogen-bond acceptors (Lipinski definition) is 8. The van der Waals surface area contributed by atoms with Gasteiger partial charge in [0.25, 0.3) is 0 Å². The summed E-state index contributed by atoms with van der Waals surface area (Å²) in [7, 11) is -0.445. The number of alkyl halides is 3. The molecular weight excluding hydrogens is 645 g/mol. The standard InChI is InChI=1S/C29H34N4O6S.C2HF3O2/c1-4-40(36,37)26-13-9-8-12-22(26)19-31-28(35)23(16-20-10-6-5-7-11-20)32-29(30)33-27(34)18-21-14-15-24(38-2)25(17-21)39-3;3-2(4,5)1(6)7/h5-15,17,23H,4,16,18-19H2,1-3H3,(H,31,35)(H3,30,32,33,34);(H,6,7)/t23-;/m1./s1. The van der Waals surface area contributed by atoms with Gasteiger partial charge in [-0.3, -0.25) is 14.9 Å². The molecule has 5 N–H and O–H groups in total. The van der Waals surface area contributed by atoms with Crippen molar-refractivity contribution in [3.63, 3.8) is 0 Å². The summed E-state index contributed by atoms with van der Waals surface area (Å²) in [5.41, 5.74) is 8.02. The predicted octanol–water partition coefficient (Wildman–Crippen LogP) is 3.03. The van der Waals surface area contributed by atoms with Crippen molar-refractivity contribution in [2.24, 2.45) is 10.7 Å². The van der Waals surface area contributed by atoms with Gasteiger partial charge in [0.15, 0.2) is 27.3 Å². The second kappa shape index (κ2) is 17.5. The molecule has 0 aromatic heterocycles. The van der Waals surface area contributed by atoms with Gasteiger partial charge in [0.05, 0.1) is 31.3 Å². The van der Waals surface area contributed by atoms with E-state index in [9.17, 15) is 31.2 Å². The van der Waals surface area contributed by atoms with Crippen LogP contribution in [0, 0.1) is 0 Å². The lowest BCUT2D eigenvalue weighted by Crippen LogP contribution is -2.42. The summed E-state index contributed by atoms with van der Waals surface area (Å²) in [5, 5.41) is 12.4. The summed E-state index contributed by atoms with van der Waals surface area (Å²) in [6.07, 6.45) is -4.87. The van der Waals surface area contributed by atoms with Crippen molar-refractivity contribution in [3.05, 3.63) is 89.5 Å². The summed E-state index contributed by atoms with van der Waals surface area (Å²) in [4.78, 5) is 39.3. The second-order valence-corrected chi connectivity index (χ2v) is 11.9. The van der Waals surface area contributed by atoms with Crippen molar-refractivity contribution >= 4 is 33.6 Å². The molecule has 254 valence electrons. The van der Waals surface area contributed by atoms with Crippen molar-refractivity contribution in [2.75, 3.05) is 20.0 Å². The quantitative estimate of drug-likeness (QED) is 0.165. The summed E-state index contributed by atoms with van der Waals surface area (Å²) in [6.45, 7) is 1.55. The van der Waals surface area contributed by atoms with Gasteiger partial charge < -0.3 is 25.6 Å². The molecule has 16 heteroatoms. The van der Waals surface area contributed by atoms with E-state index in [4.69, 9.17) is 25.1 Å². The molecular formula is C31H35F3N4O8S. The van der Waals surface area contributed by atoms with Crippen LogP contribution in [-0.2, 0) is 43.6 Å². The molecule has 0 unspecified atom stereocenters. The number of nitrogens with zero attached hydrogens (tertiary/aromatic N) is 1. The normalized spacial score (nSPS) is 12.2. The van der Waals surface area contributed by atoms with Crippen LogP contribution in [0.2, 0.25) is 0 Å². The Labute approximate surface area is 269 Å². The number of sulfone groups is 1. The van der Waals surface area contributed by atoms with Crippen molar-refractivity contribution in [1.82, 2.24) is 10.6 Å². The number of aliphatic carboxylic acids is 1. The number of nitrogens with one attached hydrogen (secondary N) is 2. The molecule has 0 bridgehead atoms. The van der Waals surface area contributed by atoms with Crippen LogP contribution in [0.15, 0.2) is 82.7 Å². The minimum atomic E-state index is -5.08. The number of nitrogens with two attached hydrogens (primary N) is 1. The Morgan fingerprint density at radius 2 is 1.53 bits per heavy atom. The Bertz CT molecular complexity index is 1670. The number of rotatable bonds is 12. The molecule has 0 aliphatic rings. The van der Waals surface area contributed by atoms with Crippen molar-refractivity contribution in [3.8, 4) is 11.5 Å². The van der Waals surface area contributed by atoms with Crippen LogP contribution in [0.1, 0.15) is 23.6 Å². The van der Waals surface area contributed by atoms with Gasteiger partial charge in [-0.25, -0.2) is 18.2 Å². The number of carbonyl (C=O) groups excluding carboxylic acids is 2. The van der Waals surface area contributed by atoms with Gasteiger partial charge in [0.2, 0.25) is 11.8 Å². The lowest BCUT2D eigenvalue weighted by Gasteiger charge is -2.16. The van der Waals surface area contributed by atoms with Crippen LogP contribution < -0.4 is 25.8 Å². The van der Waals surface area contributed by atoms with Crippen molar-refractivity contribution in [2.45, 2.75) is 43.4 Å². The fourth-order valence-corrected chi connectivity index (χ4v) is 5.14. The molecule has 0 aliphatic heterocycles. The Balaban J connectivity index is 0.000000984. The first-order chi connectivity index (χ1) is 22.1. The zero-order valence-corrected chi connectivity index (χ0v) is 26.5. The number of amides is 2. The van der Waals surface area contributed by atoms with Gasteiger partial charge in [-0.15, -0.1) is 0 Å². The van der Waals surface area contributed by atoms with Crippen LogP contribution in [0.4, 0.5) is 13.2 Å². The van der Waals surface area contributed by atoms with E-state index in [0.717, 1.165) is 5.56 Å². The van der Waals surface area contributed by atoms with E-state index in [0.29, 0.717) is 22.6 Å². The van der Waals surface area contributed by atoms with Gasteiger partial charge in [0, 0.05) is 13.0 Å². The fourth-order valence-electron chi connectivity index (χ4n) is 4.01. The highest BCUT2D eigenvalue weighted by atomic mass is 32.2. The van der Waals surface area contributed by atoms with E-state index in [1.54, 1.807) is 43.3 Å². The third-order valence-electron chi connectivity index (χ3n) is 6.33. The highest BCUT2D eigenvalue weighted by Crippen LogP contribution is 2.27. The maximum Gasteiger partial charge on any atom is 0.490 e. The summed E-state index contributed by atoms with van der Waals surface area (Å²) in [6, 6.07) is 19.9. The molecule has 12 nitrogen and oxygen atoms in total. The maximum absolute atomic E-state index is 13.2.